The van der Waals surface area contributed by atoms with Crippen LogP contribution in [0.5, 0.6) is 0 Å². The minimum absolute atomic E-state index is 0.276. The van der Waals surface area contributed by atoms with Gasteiger partial charge in [0.1, 0.15) is 5.82 Å². The number of hydrogen-bond donors (Lipinski definition) is 1. The Kier molecular flexibility index (Phi) is 5.89. The molecule has 2 aromatic rings. The lowest BCUT2D eigenvalue weighted by molar-refractivity contribution is -0.881. The molecule has 0 atom stereocenters. The summed E-state index contributed by atoms with van der Waals surface area (Å²) in [4.78, 5) is 18.8. The van der Waals surface area contributed by atoms with Crippen LogP contribution < -0.4 is 5.32 Å². The Balaban J connectivity index is 1.47. The number of quaternary nitrogens is 1. The van der Waals surface area contributed by atoms with Crippen LogP contribution in [0.4, 0.5) is 5.82 Å². The number of nitrogens with one attached hydrogen (secondary N) is 1. The first-order chi connectivity index (χ1) is 12.5. The van der Waals surface area contributed by atoms with Crippen LogP contribution in [0.25, 0.3) is 11.1 Å². The molecule has 2 heterocycles. The molecule has 0 radical (unpaired) electrons. The van der Waals surface area contributed by atoms with Crippen LogP contribution in [0.3, 0.4) is 0 Å². The Labute approximate surface area is 156 Å². The molecule has 1 amide bonds. The van der Waals surface area contributed by atoms with Crippen LogP contribution in [0.15, 0.2) is 48.7 Å². The number of pyridine rings is 1. The molecule has 3 rings (SSSR count). The number of hydrogen-bond acceptors (Lipinski definition) is 3. The zero-order valence-corrected chi connectivity index (χ0v) is 15.8. The van der Waals surface area contributed by atoms with Crippen molar-refractivity contribution in [3.05, 3.63) is 48.7 Å². The Hall–Kier alpha value is -2.40. The van der Waals surface area contributed by atoms with Crippen LogP contribution >= 0.6 is 0 Å². The molecule has 0 saturated carbocycles. The molecular weight excluding hydrogens is 324 g/mol. The first kappa shape index (κ1) is 18.4. The molecule has 26 heavy (non-hydrogen) atoms. The van der Waals surface area contributed by atoms with Crippen molar-refractivity contribution in [1.29, 1.82) is 0 Å². The van der Waals surface area contributed by atoms with Crippen LogP contribution in [0.2, 0.25) is 0 Å². The van der Waals surface area contributed by atoms with Gasteiger partial charge in [0.15, 0.2) is 6.54 Å². The van der Waals surface area contributed by atoms with Crippen molar-refractivity contribution in [1.82, 2.24) is 9.88 Å². The van der Waals surface area contributed by atoms with Crippen molar-refractivity contribution in [2.45, 2.75) is 12.8 Å². The fourth-order valence-electron chi connectivity index (χ4n) is 3.30. The van der Waals surface area contributed by atoms with Gasteiger partial charge in [0.2, 0.25) is 0 Å². The molecule has 5 heteroatoms. The topological polar surface area (TPSA) is 45.2 Å². The van der Waals surface area contributed by atoms with Crippen molar-refractivity contribution in [3.63, 3.8) is 0 Å². The maximum absolute atomic E-state index is 12.3. The van der Waals surface area contributed by atoms with Gasteiger partial charge in [-0.3, -0.25) is 4.79 Å². The number of carbonyl (C=O) groups excluding carboxylic acids is 1. The maximum atomic E-state index is 12.3. The molecule has 1 aromatic carbocycles. The Morgan fingerprint density at radius 2 is 1.81 bits per heavy atom. The standard InChI is InChI=1S/C21H29N4O/c1-25(2,17-21(26)24-13-6-7-14-24)15-12-22-20-11-10-19(16-23-20)18-8-4-3-5-9-18/h3-5,8-11,16H,6-7,12-15,17H2,1-2H3,(H,22,23)/q+1. The molecule has 138 valence electrons. The van der Waals surface area contributed by atoms with E-state index in [1.165, 1.54) is 5.56 Å². The normalized spacial score (nSPS) is 14.5. The van der Waals surface area contributed by atoms with Gasteiger partial charge in [-0.15, -0.1) is 0 Å². The van der Waals surface area contributed by atoms with E-state index in [0.717, 1.165) is 50.4 Å². The molecule has 1 aromatic heterocycles. The lowest BCUT2D eigenvalue weighted by Gasteiger charge is -2.31. The zero-order chi connectivity index (χ0) is 18.4. The quantitative estimate of drug-likeness (QED) is 0.779. The summed E-state index contributed by atoms with van der Waals surface area (Å²) in [6.45, 7) is 4.07. The van der Waals surface area contributed by atoms with Gasteiger partial charge in [-0.05, 0) is 30.5 Å². The number of likely N-dealkylation sites (tertiary alicyclic amines) is 1. The van der Waals surface area contributed by atoms with E-state index in [-0.39, 0.29) is 5.91 Å². The minimum Gasteiger partial charge on any atom is -0.364 e. The van der Waals surface area contributed by atoms with Gasteiger partial charge >= 0.3 is 0 Å². The Bertz CT molecular complexity index is 707. The van der Waals surface area contributed by atoms with Crippen molar-refractivity contribution < 1.29 is 9.28 Å². The molecule has 5 nitrogen and oxygen atoms in total. The highest BCUT2D eigenvalue weighted by atomic mass is 16.2. The summed E-state index contributed by atoms with van der Waals surface area (Å²) in [5.41, 5.74) is 2.29. The number of anilines is 1. The first-order valence-corrected chi connectivity index (χ1v) is 9.39. The summed E-state index contributed by atoms with van der Waals surface area (Å²) in [5.74, 6) is 1.15. The van der Waals surface area contributed by atoms with Gasteiger partial charge in [-0.25, -0.2) is 4.98 Å². The van der Waals surface area contributed by atoms with Gasteiger partial charge in [0.05, 0.1) is 27.2 Å². The fraction of sp³-hybridized carbons (Fsp3) is 0.429. The van der Waals surface area contributed by atoms with Crippen LogP contribution in [-0.4, -0.2) is 67.1 Å². The number of carbonyl (C=O) groups is 1. The molecule has 1 N–H and O–H groups in total. The summed E-state index contributed by atoms with van der Waals surface area (Å²) >= 11 is 0. The first-order valence-electron chi connectivity index (χ1n) is 9.39. The third-order valence-corrected chi connectivity index (χ3v) is 4.92. The largest absolute Gasteiger partial charge is 0.364 e. The molecule has 1 fully saturated rings. The zero-order valence-electron chi connectivity index (χ0n) is 15.8. The van der Waals surface area contributed by atoms with Crippen molar-refractivity contribution in [3.8, 4) is 11.1 Å². The summed E-state index contributed by atoms with van der Waals surface area (Å²) < 4.78 is 0.685. The van der Waals surface area contributed by atoms with E-state index in [0.29, 0.717) is 11.0 Å². The number of nitrogens with zero attached hydrogens (tertiary/aromatic N) is 3. The van der Waals surface area contributed by atoms with Gasteiger partial charge in [-0.2, -0.15) is 0 Å². The second-order valence-corrected chi connectivity index (χ2v) is 7.63. The van der Waals surface area contributed by atoms with Gasteiger partial charge in [0.25, 0.3) is 5.91 Å². The van der Waals surface area contributed by atoms with E-state index in [9.17, 15) is 4.79 Å². The number of benzene rings is 1. The molecule has 0 aliphatic carbocycles. The molecule has 1 aliphatic rings. The third kappa shape index (κ3) is 5.05. The second-order valence-electron chi connectivity index (χ2n) is 7.63. The van der Waals surface area contributed by atoms with Crippen LogP contribution in [-0.2, 0) is 4.79 Å². The smallest absolute Gasteiger partial charge is 0.277 e. The monoisotopic (exact) mass is 353 g/mol. The van der Waals surface area contributed by atoms with Gasteiger partial charge in [0, 0.05) is 24.8 Å². The highest BCUT2D eigenvalue weighted by Crippen LogP contribution is 2.19. The predicted octanol–water partition coefficient (Wildman–Crippen LogP) is 2.86. The highest BCUT2D eigenvalue weighted by Gasteiger charge is 2.25. The van der Waals surface area contributed by atoms with Crippen molar-refractivity contribution in [2.75, 3.05) is 52.1 Å². The highest BCUT2D eigenvalue weighted by molar-refractivity contribution is 5.77. The summed E-state index contributed by atoms with van der Waals surface area (Å²) in [6.07, 6.45) is 4.19. The molecule has 1 aliphatic heterocycles. The maximum Gasteiger partial charge on any atom is 0.277 e. The van der Waals surface area contributed by atoms with E-state index < -0.39 is 0 Å². The van der Waals surface area contributed by atoms with Crippen LogP contribution in [0, 0.1) is 0 Å². The summed E-state index contributed by atoms with van der Waals surface area (Å²) in [5, 5.41) is 3.37. The Morgan fingerprint density at radius 3 is 2.46 bits per heavy atom. The van der Waals surface area contributed by atoms with Crippen molar-refractivity contribution >= 4 is 11.7 Å². The average Bonchev–Trinajstić information content (AvgIpc) is 3.17. The predicted molar refractivity (Wildman–Crippen MR) is 106 cm³/mol. The second kappa shape index (κ2) is 8.32. The number of aromatic nitrogens is 1. The lowest BCUT2D eigenvalue weighted by Crippen LogP contribution is -2.50. The molecular formula is C21H29N4O+. The molecule has 0 spiro atoms. The van der Waals surface area contributed by atoms with E-state index >= 15 is 0 Å². The third-order valence-electron chi connectivity index (χ3n) is 4.92. The van der Waals surface area contributed by atoms with Crippen LogP contribution in [0.1, 0.15) is 12.8 Å². The molecule has 0 bridgehead atoms. The van der Waals surface area contributed by atoms with E-state index in [2.05, 4.69) is 42.6 Å². The summed E-state index contributed by atoms with van der Waals surface area (Å²) in [7, 11) is 4.23. The number of likely N-dealkylation sites (N-methyl/N-ethyl adjacent to an activating group) is 1. The van der Waals surface area contributed by atoms with E-state index in [1.54, 1.807) is 0 Å². The fourth-order valence-corrected chi connectivity index (χ4v) is 3.30. The van der Waals surface area contributed by atoms with E-state index in [4.69, 9.17) is 0 Å². The lowest BCUT2D eigenvalue weighted by atomic mass is 10.1. The van der Waals surface area contributed by atoms with Gasteiger partial charge < -0.3 is 14.7 Å². The van der Waals surface area contributed by atoms with Gasteiger partial charge in [-0.1, -0.05) is 30.3 Å². The Morgan fingerprint density at radius 1 is 1.08 bits per heavy atom. The minimum atomic E-state index is 0.276. The molecule has 0 unspecified atom stereocenters. The SMILES string of the molecule is C[N+](C)(CCNc1ccc(-c2ccccc2)cn1)CC(=O)N1CCCC1. The number of rotatable bonds is 7. The van der Waals surface area contributed by atoms with E-state index in [1.807, 2.05) is 35.4 Å². The average molecular weight is 353 g/mol. The summed E-state index contributed by atoms with van der Waals surface area (Å²) in [6, 6.07) is 14.3. The molecule has 1 saturated heterocycles. The van der Waals surface area contributed by atoms with Crippen molar-refractivity contribution in [2.24, 2.45) is 0 Å². The number of amides is 1.